The number of nitrogens with two attached hydrogens (primary N) is 1. The summed E-state index contributed by atoms with van der Waals surface area (Å²) in [5.74, 6) is 0. The molecule has 0 aliphatic heterocycles. The predicted octanol–water partition coefficient (Wildman–Crippen LogP) is 1.94. The maximum absolute atomic E-state index is 8.77. The number of benzene rings is 1. The van der Waals surface area contributed by atoms with Gasteiger partial charge in [0, 0.05) is 29.7 Å². The largest absolute Gasteiger partial charge is 0.396 e. The van der Waals surface area contributed by atoms with Gasteiger partial charge in [0.05, 0.1) is 0 Å². The molecular formula is C12H16N2O. The summed E-state index contributed by atoms with van der Waals surface area (Å²) in [7, 11) is 0. The van der Waals surface area contributed by atoms with Crippen LogP contribution in [0, 0.1) is 0 Å². The van der Waals surface area contributed by atoms with Crippen LogP contribution in [0.1, 0.15) is 24.4 Å². The fourth-order valence-electron chi connectivity index (χ4n) is 1.90. The van der Waals surface area contributed by atoms with Crippen LogP contribution in [0.15, 0.2) is 30.5 Å². The number of hydrogen-bond acceptors (Lipinski definition) is 2. The van der Waals surface area contributed by atoms with Gasteiger partial charge in [-0.25, -0.2) is 0 Å². The summed E-state index contributed by atoms with van der Waals surface area (Å²) in [5, 5.41) is 9.96. The molecule has 80 valence electrons. The van der Waals surface area contributed by atoms with Gasteiger partial charge >= 0.3 is 0 Å². The van der Waals surface area contributed by atoms with Crippen LogP contribution in [-0.2, 0) is 0 Å². The van der Waals surface area contributed by atoms with Crippen molar-refractivity contribution in [3.05, 3.63) is 36.0 Å². The van der Waals surface area contributed by atoms with E-state index in [-0.39, 0.29) is 12.6 Å². The van der Waals surface area contributed by atoms with Gasteiger partial charge in [0.25, 0.3) is 0 Å². The Morgan fingerprint density at radius 1 is 1.33 bits per heavy atom. The molecule has 0 aliphatic carbocycles. The molecule has 1 heterocycles. The summed E-state index contributed by atoms with van der Waals surface area (Å²) in [4.78, 5) is 3.17. The standard InChI is InChI=1S/C12H16N2O/c13-11(4-2-8-15)9-3-1-5-12-10(9)6-7-14-12/h1,3,5-7,11,14-15H,2,4,8,13H2/t11-/m0/s1. The molecule has 1 atom stereocenters. The third-order valence-corrected chi connectivity index (χ3v) is 2.70. The number of rotatable bonds is 4. The van der Waals surface area contributed by atoms with E-state index in [9.17, 15) is 0 Å². The second-order valence-corrected chi connectivity index (χ2v) is 3.76. The SMILES string of the molecule is N[C@@H](CCCO)c1cccc2[nH]ccc12. The van der Waals surface area contributed by atoms with E-state index in [2.05, 4.69) is 11.1 Å². The lowest BCUT2D eigenvalue weighted by Gasteiger charge is -2.12. The number of aliphatic hydroxyl groups excluding tert-OH is 1. The van der Waals surface area contributed by atoms with Gasteiger partial charge in [0.15, 0.2) is 0 Å². The number of nitrogens with one attached hydrogen (secondary N) is 1. The van der Waals surface area contributed by atoms with E-state index in [4.69, 9.17) is 10.8 Å². The van der Waals surface area contributed by atoms with Crippen molar-refractivity contribution in [2.75, 3.05) is 6.61 Å². The van der Waals surface area contributed by atoms with Crippen molar-refractivity contribution in [1.29, 1.82) is 0 Å². The number of aromatic nitrogens is 1. The minimum Gasteiger partial charge on any atom is -0.396 e. The zero-order valence-electron chi connectivity index (χ0n) is 8.61. The highest BCUT2D eigenvalue weighted by Gasteiger charge is 2.09. The van der Waals surface area contributed by atoms with Gasteiger partial charge in [0.2, 0.25) is 0 Å². The Labute approximate surface area is 88.9 Å². The zero-order valence-corrected chi connectivity index (χ0v) is 8.61. The number of H-pyrrole nitrogens is 1. The van der Waals surface area contributed by atoms with E-state index >= 15 is 0 Å². The molecule has 0 saturated heterocycles. The molecule has 2 aromatic rings. The fourth-order valence-corrected chi connectivity index (χ4v) is 1.90. The lowest BCUT2D eigenvalue weighted by Crippen LogP contribution is -2.11. The molecule has 0 spiro atoms. The van der Waals surface area contributed by atoms with Crippen molar-refractivity contribution < 1.29 is 5.11 Å². The molecule has 0 radical (unpaired) electrons. The Kier molecular flexibility index (Phi) is 3.04. The number of aromatic amines is 1. The highest BCUT2D eigenvalue weighted by molar-refractivity contribution is 5.83. The van der Waals surface area contributed by atoms with Crippen molar-refractivity contribution in [2.45, 2.75) is 18.9 Å². The second-order valence-electron chi connectivity index (χ2n) is 3.76. The van der Waals surface area contributed by atoms with Gasteiger partial charge in [-0.2, -0.15) is 0 Å². The molecule has 1 aromatic heterocycles. The molecule has 3 nitrogen and oxygen atoms in total. The van der Waals surface area contributed by atoms with Crippen molar-refractivity contribution in [2.24, 2.45) is 5.73 Å². The van der Waals surface area contributed by atoms with Crippen LogP contribution in [0.25, 0.3) is 10.9 Å². The van der Waals surface area contributed by atoms with Crippen molar-refractivity contribution in [1.82, 2.24) is 4.98 Å². The fraction of sp³-hybridized carbons (Fsp3) is 0.333. The summed E-state index contributed by atoms with van der Waals surface area (Å²) in [6.45, 7) is 0.205. The van der Waals surface area contributed by atoms with Crippen LogP contribution in [0.3, 0.4) is 0 Å². The molecule has 4 N–H and O–H groups in total. The number of aliphatic hydroxyl groups is 1. The normalized spacial score (nSPS) is 13.2. The smallest absolute Gasteiger partial charge is 0.0457 e. The van der Waals surface area contributed by atoms with Gasteiger partial charge in [-0.15, -0.1) is 0 Å². The lowest BCUT2D eigenvalue weighted by atomic mass is 9.99. The summed E-state index contributed by atoms with van der Waals surface area (Å²) in [6.07, 6.45) is 3.50. The Hall–Kier alpha value is -1.32. The quantitative estimate of drug-likeness (QED) is 0.712. The molecule has 15 heavy (non-hydrogen) atoms. The Bertz CT molecular complexity index is 436. The molecule has 0 unspecified atom stereocenters. The van der Waals surface area contributed by atoms with Crippen LogP contribution in [-0.4, -0.2) is 16.7 Å². The van der Waals surface area contributed by atoms with Crippen molar-refractivity contribution in [3.8, 4) is 0 Å². The van der Waals surface area contributed by atoms with E-state index in [1.54, 1.807) is 0 Å². The molecule has 3 heteroatoms. The zero-order chi connectivity index (χ0) is 10.7. The summed E-state index contributed by atoms with van der Waals surface area (Å²) in [5.41, 5.74) is 8.35. The Morgan fingerprint density at radius 2 is 2.20 bits per heavy atom. The molecular weight excluding hydrogens is 188 g/mol. The van der Waals surface area contributed by atoms with Crippen molar-refractivity contribution >= 4 is 10.9 Å². The van der Waals surface area contributed by atoms with Crippen LogP contribution >= 0.6 is 0 Å². The average molecular weight is 204 g/mol. The summed E-state index contributed by atoms with van der Waals surface area (Å²) >= 11 is 0. The van der Waals surface area contributed by atoms with Gasteiger partial charge in [-0.3, -0.25) is 0 Å². The predicted molar refractivity (Wildman–Crippen MR) is 61.5 cm³/mol. The molecule has 2 rings (SSSR count). The Balaban J connectivity index is 2.29. The monoisotopic (exact) mass is 204 g/mol. The molecule has 0 aliphatic rings. The average Bonchev–Trinajstić information content (AvgIpc) is 2.73. The minimum absolute atomic E-state index is 0.0108. The van der Waals surface area contributed by atoms with Crippen LogP contribution < -0.4 is 5.73 Å². The van der Waals surface area contributed by atoms with Gasteiger partial charge in [0.1, 0.15) is 0 Å². The van der Waals surface area contributed by atoms with Crippen LogP contribution in [0.4, 0.5) is 0 Å². The maximum atomic E-state index is 8.77. The van der Waals surface area contributed by atoms with E-state index in [0.717, 1.165) is 23.9 Å². The summed E-state index contributed by atoms with van der Waals surface area (Å²) in [6, 6.07) is 8.16. The second kappa shape index (κ2) is 4.47. The first-order valence-corrected chi connectivity index (χ1v) is 5.25. The topological polar surface area (TPSA) is 62.0 Å². The van der Waals surface area contributed by atoms with E-state index in [1.165, 1.54) is 5.39 Å². The third-order valence-electron chi connectivity index (χ3n) is 2.70. The highest BCUT2D eigenvalue weighted by Crippen LogP contribution is 2.24. The maximum Gasteiger partial charge on any atom is 0.0457 e. The first-order chi connectivity index (χ1) is 7.33. The van der Waals surface area contributed by atoms with E-state index < -0.39 is 0 Å². The number of hydrogen-bond donors (Lipinski definition) is 3. The van der Waals surface area contributed by atoms with Gasteiger partial charge in [-0.05, 0) is 30.5 Å². The van der Waals surface area contributed by atoms with Gasteiger partial charge < -0.3 is 15.8 Å². The molecule has 0 amide bonds. The third kappa shape index (κ3) is 2.03. The first-order valence-electron chi connectivity index (χ1n) is 5.25. The Morgan fingerprint density at radius 3 is 3.00 bits per heavy atom. The van der Waals surface area contributed by atoms with E-state index in [1.807, 2.05) is 24.4 Å². The highest BCUT2D eigenvalue weighted by atomic mass is 16.2. The van der Waals surface area contributed by atoms with Crippen molar-refractivity contribution in [3.63, 3.8) is 0 Å². The molecule has 0 saturated carbocycles. The first kappa shape index (κ1) is 10.2. The van der Waals surface area contributed by atoms with Crippen LogP contribution in [0.5, 0.6) is 0 Å². The number of fused-ring (bicyclic) bond motifs is 1. The van der Waals surface area contributed by atoms with Gasteiger partial charge in [-0.1, -0.05) is 12.1 Å². The molecule has 0 fully saturated rings. The molecule has 1 aromatic carbocycles. The van der Waals surface area contributed by atoms with E-state index in [0.29, 0.717) is 0 Å². The lowest BCUT2D eigenvalue weighted by molar-refractivity contribution is 0.280. The summed E-state index contributed by atoms with van der Waals surface area (Å²) < 4.78 is 0. The minimum atomic E-state index is 0.0108. The molecule has 0 bridgehead atoms. The van der Waals surface area contributed by atoms with Crippen LogP contribution in [0.2, 0.25) is 0 Å².